The summed E-state index contributed by atoms with van der Waals surface area (Å²) in [6.07, 6.45) is 6.07. The van der Waals surface area contributed by atoms with Gasteiger partial charge in [0.2, 0.25) is 0 Å². The standard InChI is InChI=1S/C18H28BrNO/c1-4-16(20)17(13-5-7-14(19)8-6-13)21-15-9-11-18(2,3)12-10-15/h5-8,15-17H,4,9-12,20H2,1-3H3. The molecule has 21 heavy (non-hydrogen) atoms. The van der Waals surface area contributed by atoms with Gasteiger partial charge in [-0.05, 0) is 55.2 Å². The molecule has 1 fully saturated rings. The third-order valence-electron chi connectivity index (χ3n) is 4.68. The first-order valence-corrected chi connectivity index (χ1v) is 8.87. The summed E-state index contributed by atoms with van der Waals surface area (Å²) in [5.74, 6) is 0. The number of nitrogens with two attached hydrogens (primary N) is 1. The van der Waals surface area contributed by atoms with Crippen molar-refractivity contribution in [2.24, 2.45) is 11.1 Å². The summed E-state index contributed by atoms with van der Waals surface area (Å²) in [5, 5.41) is 0. The van der Waals surface area contributed by atoms with Gasteiger partial charge in [0.1, 0.15) is 0 Å². The van der Waals surface area contributed by atoms with Crippen molar-refractivity contribution in [1.29, 1.82) is 0 Å². The highest BCUT2D eigenvalue weighted by molar-refractivity contribution is 9.10. The molecular formula is C18H28BrNO. The van der Waals surface area contributed by atoms with Gasteiger partial charge in [0.25, 0.3) is 0 Å². The maximum atomic E-state index is 6.42. The van der Waals surface area contributed by atoms with Crippen LogP contribution in [0.25, 0.3) is 0 Å². The van der Waals surface area contributed by atoms with E-state index in [1.165, 1.54) is 18.4 Å². The first-order valence-electron chi connectivity index (χ1n) is 8.08. The SMILES string of the molecule is CCC(N)C(OC1CCC(C)(C)CC1)c1ccc(Br)cc1. The fourth-order valence-electron chi connectivity index (χ4n) is 3.01. The Balaban J connectivity index is 2.05. The van der Waals surface area contributed by atoms with Gasteiger partial charge in [0.05, 0.1) is 12.2 Å². The Morgan fingerprint density at radius 3 is 2.33 bits per heavy atom. The fraction of sp³-hybridized carbons (Fsp3) is 0.667. The van der Waals surface area contributed by atoms with Gasteiger partial charge in [-0.1, -0.05) is 48.8 Å². The summed E-state index contributed by atoms with van der Waals surface area (Å²) in [5.41, 5.74) is 7.99. The lowest BCUT2D eigenvalue weighted by Gasteiger charge is -2.37. The Morgan fingerprint density at radius 2 is 1.81 bits per heavy atom. The summed E-state index contributed by atoms with van der Waals surface area (Å²) in [7, 11) is 0. The average Bonchev–Trinajstić information content (AvgIpc) is 2.46. The zero-order valence-corrected chi connectivity index (χ0v) is 15.0. The smallest absolute Gasteiger partial charge is 0.0979 e. The predicted octanol–water partition coefficient (Wildman–Crippen LogP) is 5.21. The van der Waals surface area contributed by atoms with E-state index >= 15 is 0 Å². The Bertz CT molecular complexity index is 433. The predicted molar refractivity (Wildman–Crippen MR) is 92.3 cm³/mol. The summed E-state index contributed by atoms with van der Waals surface area (Å²) in [4.78, 5) is 0. The van der Waals surface area contributed by atoms with Crippen LogP contribution in [0, 0.1) is 5.41 Å². The first-order chi connectivity index (χ1) is 9.91. The number of hydrogen-bond acceptors (Lipinski definition) is 2. The summed E-state index contributed by atoms with van der Waals surface area (Å²) in [6, 6.07) is 8.44. The van der Waals surface area contributed by atoms with Crippen LogP contribution in [0.1, 0.15) is 64.5 Å². The van der Waals surface area contributed by atoms with Gasteiger partial charge < -0.3 is 10.5 Å². The first kappa shape index (κ1) is 17.0. The summed E-state index contributed by atoms with van der Waals surface area (Å²) < 4.78 is 7.52. The van der Waals surface area contributed by atoms with Crippen molar-refractivity contribution < 1.29 is 4.74 Å². The molecular weight excluding hydrogens is 326 g/mol. The Labute approximate surface area is 137 Å². The zero-order chi connectivity index (χ0) is 15.5. The third-order valence-corrected chi connectivity index (χ3v) is 5.21. The van der Waals surface area contributed by atoms with Gasteiger partial charge in [-0.15, -0.1) is 0 Å². The molecule has 2 unspecified atom stereocenters. The van der Waals surface area contributed by atoms with Crippen LogP contribution in [0.2, 0.25) is 0 Å². The number of rotatable bonds is 5. The lowest BCUT2D eigenvalue weighted by Crippen LogP contribution is -2.35. The Hall–Kier alpha value is -0.380. The van der Waals surface area contributed by atoms with Crippen molar-refractivity contribution in [3.05, 3.63) is 34.3 Å². The number of hydrogen-bond donors (Lipinski definition) is 1. The van der Waals surface area contributed by atoms with Crippen LogP contribution in [-0.2, 0) is 4.74 Å². The van der Waals surface area contributed by atoms with E-state index in [0.717, 1.165) is 23.7 Å². The molecule has 0 spiro atoms. The quantitative estimate of drug-likeness (QED) is 0.787. The number of halogens is 1. The highest BCUT2D eigenvalue weighted by Crippen LogP contribution is 2.38. The van der Waals surface area contributed by atoms with Crippen molar-refractivity contribution in [2.45, 2.75) is 71.1 Å². The molecule has 0 amide bonds. The van der Waals surface area contributed by atoms with E-state index < -0.39 is 0 Å². The second-order valence-electron chi connectivity index (χ2n) is 7.04. The molecule has 0 bridgehead atoms. The number of benzene rings is 1. The van der Waals surface area contributed by atoms with Crippen LogP contribution in [0.3, 0.4) is 0 Å². The Morgan fingerprint density at radius 1 is 1.24 bits per heavy atom. The topological polar surface area (TPSA) is 35.2 Å². The van der Waals surface area contributed by atoms with E-state index in [-0.39, 0.29) is 12.1 Å². The molecule has 1 aromatic carbocycles. The van der Waals surface area contributed by atoms with Crippen LogP contribution in [-0.4, -0.2) is 12.1 Å². The van der Waals surface area contributed by atoms with E-state index in [1.54, 1.807) is 0 Å². The summed E-state index contributed by atoms with van der Waals surface area (Å²) >= 11 is 3.49. The maximum absolute atomic E-state index is 6.42. The number of ether oxygens (including phenoxy) is 1. The van der Waals surface area contributed by atoms with Crippen molar-refractivity contribution in [3.63, 3.8) is 0 Å². The van der Waals surface area contributed by atoms with Gasteiger partial charge in [-0.25, -0.2) is 0 Å². The molecule has 1 saturated carbocycles. The molecule has 118 valence electrons. The van der Waals surface area contributed by atoms with E-state index in [9.17, 15) is 0 Å². The normalized spacial score (nSPS) is 22.0. The molecule has 1 aliphatic rings. The van der Waals surface area contributed by atoms with Crippen LogP contribution >= 0.6 is 15.9 Å². The van der Waals surface area contributed by atoms with Crippen molar-refractivity contribution >= 4 is 15.9 Å². The minimum atomic E-state index is 0.00862. The molecule has 0 heterocycles. The summed E-state index contributed by atoms with van der Waals surface area (Å²) in [6.45, 7) is 6.84. The second kappa shape index (κ2) is 7.26. The van der Waals surface area contributed by atoms with Crippen LogP contribution in [0.5, 0.6) is 0 Å². The lowest BCUT2D eigenvalue weighted by atomic mass is 9.76. The third kappa shape index (κ3) is 4.80. The molecule has 1 aliphatic carbocycles. The fourth-order valence-corrected chi connectivity index (χ4v) is 3.27. The largest absolute Gasteiger partial charge is 0.369 e. The molecule has 3 heteroatoms. The molecule has 2 atom stereocenters. The maximum Gasteiger partial charge on any atom is 0.0979 e. The van der Waals surface area contributed by atoms with Crippen LogP contribution in [0.15, 0.2) is 28.7 Å². The van der Waals surface area contributed by atoms with Gasteiger partial charge in [0.15, 0.2) is 0 Å². The van der Waals surface area contributed by atoms with E-state index in [1.807, 2.05) is 0 Å². The highest BCUT2D eigenvalue weighted by Gasteiger charge is 2.30. The second-order valence-corrected chi connectivity index (χ2v) is 7.96. The lowest BCUT2D eigenvalue weighted by molar-refractivity contribution is -0.0575. The van der Waals surface area contributed by atoms with Gasteiger partial charge >= 0.3 is 0 Å². The molecule has 0 radical (unpaired) electrons. The van der Waals surface area contributed by atoms with Gasteiger partial charge in [-0.2, -0.15) is 0 Å². The average molecular weight is 354 g/mol. The molecule has 2 rings (SSSR count). The molecule has 0 aromatic heterocycles. The van der Waals surface area contributed by atoms with Crippen LogP contribution < -0.4 is 5.73 Å². The molecule has 0 saturated heterocycles. The monoisotopic (exact) mass is 353 g/mol. The Kier molecular flexibility index (Phi) is 5.87. The van der Waals surface area contributed by atoms with Crippen molar-refractivity contribution in [1.82, 2.24) is 0 Å². The molecule has 2 N–H and O–H groups in total. The minimum absolute atomic E-state index is 0.00862. The zero-order valence-electron chi connectivity index (χ0n) is 13.4. The minimum Gasteiger partial charge on any atom is -0.369 e. The molecule has 0 aliphatic heterocycles. The van der Waals surface area contributed by atoms with Crippen molar-refractivity contribution in [2.75, 3.05) is 0 Å². The van der Waals surface area contributed by atoms with Crippen LogP contribution in [0.4, 0.5) is 0 Å². The van der Waals surface area contributed by atoms with E-state index in [4.69, 9.17) is 10.5 Å². The van der Waals surface area contributed by atoms with Gasteiger partial charge in [0, 0.05) is 10.5 Å². The van der Waals surface area contributed by atoms with E-state index in [0.29, 0.717) is 11.5 Å². The highest BCUT2D eigenvalue weighted by atomic mass is 79.9. The van der Waals surface area contributed by atoms with Crippen molar-refractivity contribution in [3.8, 4) is 0 Å². The van der Waals surface area contributed by atoms with E-state index in [2.05, 4.69) is 61.0 Å². The van der Waals surface area contributed by atoms with Gasteiger partial charge in [-0.3, -0.25) is 0 Å². The molecule has 1 aromatic rings. The molecule has 2 nitrogen and oxygen atoms in total.